The summed E-state index contributed by atoms with van der Waals surface area (Å²) in [6.45, 7) is 2.38. The van der Waals surface area contributed by atoms with Crippen LogP contribution in [0.15, 0.2) is 23.1 Å². The Hall–Kier alpha value is -1.68. The highest BCUT2D eigenvalue weighted by molar-refractivity contribution is 7.89. The summed E-state index contributed by atoms with van der Waals surface area (Å²) in [4.78, 5) is 12.2. The van der Waals surface area contributed by atoms with Crippen molar-refractivity contribution in [1.29, 1.82) is 0 Å². The van der Waals surface area contributed by atoms with E-state index in [9.17, 15) is 13.2 Å². The number of carbonyl (C=O) groups is 1. The van der Waals surface area contributed by atoms with E-state index in [-0.39, 0.29) is 29.5 Å². The lowest BCUT2D eigenvalue weighted by Crippen LogP contribution is -2.28. The van der Waals surface area contributed by atoms with Crippen LogP contribution in [0.5, 0.6) is 5.75 Å². The smallest absolute Gasteiger partial charge is 0.242 e. The van der Waals surface area contributed by atoms with Crippen molar-refractivity contribution in [3.05, 3.63) is 18.2 Å². The predicted molar refractivity (Wildman–Crippen MR) is 91.6 cm³/mol. The maximum absolute atomic E-state index is 12.2. The first-order valence-electron chi connectivity index (χ1n) is 7.48. The number of carbonyl (C=O) groups excluding carboxylic acids is 1. The van der Waals surface area contributed by atoms with Crippen LogP contribution in [0.3, 0.4) is 0 Å². The average molecular weight is 359 g/mol. The van der Waals surface area contributed by atoms with Crippen LogP contribution in [-0.4, -0.2) is 59.1 Å². The Morgan fingerprint density at radius 3 is 2.54 bits per heavy atom. The van der Waals surface area contributed by atoms with Crippen LogP contribution in [0, 0.1) is 0 Å². The minimum Gasteiger partial charge on any atom is -0.492 e. The standard InChI is InChI=1S/C15H25N3O5S/c1-5-23-14-7-6-12(24(20,21)18(2)3)9-13(14)17-15(19)8-11(10-16)22-4/h6-7,9,11H,5,8,10,16H2,1-4H3,(H,17,19). The summed E-state index contributed by atoms with van der Waals surface area (Å²) in [6.07, 6.45) is -0.349. The quantitative estimate of drug-likeness (QED) is 0.669. The van der Waals surface area contributed by atoms with Crippen molar-refractivity contribution in [2.45, 2.75) is 24.3 Å². The maximum Gasteiger partial charge on any atom is 0.242 e. The molecule has 0 aliphatic heterocycles. The maximum atomic E-state index is 12.2. The molecule has 1 aromatic rings. The van der Waals surface area contributed by atoms with Gasteiger partial charge in [-0.25, -0.2) is 12.7 Å². The van der Waals surface area contributed by atoms with E-state index < -0.39 is 16.1 Å². The molecule has 0 bridgehead atoms. The van der Waals surface area contributed by atoms with Gasteiger partial charge in [-0.05, 0) is 25.1 Å². The molecule has 0 saturated carbocycles. The van der Waals surface area contributed by atoms with Crippen molar-refractivity contribution in [2.75, 3.05) is 39.7 Å². The van der Waals surface area contributed by atoms with Crippen molar-refractivity contribution in [3.8, 4) is 5.75 Å². The van der Waals surface area contributed by atoms with E-state index in [0.717, 1.165) is 4.31 Å². The van der Waals surface area contributed by atoms with E-state index >= 15 is 0 Å². The number of hydrogen-bond acceptors (Lipinski definition) is 6. The van der Waals surface area contributed by atoms with E-state index in [1.165, 1.54) is 39.4 Å². The highest BCUT2D eigenvalue weighted by Crippen LogP contribution is 2.29. The molecule has 1 atom stereocenters. The SMILES string of the molecule is CCOc1ccc(S(=O)(=O)N(C)C)cc1NC(=O)CC(CN)OC. The van der Waals surface area contributed by atoms with Gasteiger partial charge in [0.1, 0.15) is 5.75 Å². The number of sulfonamides is 1. The molecule has 1 rings (SSSR count). The average Bonchev–Trinajstić information content (AvgIpc) is 2.54. The molecule has 8 nitrogen and oxygen atoms in total. The topological polar surface area (TPSA) is 111 Å². The van der Waals surface area contributed by atoms with Crippen molar-refractivity contribution >= 4 is 21.6 Å². The summed E-state index contributed by atoms with van der Waals surface area (Å²) in [7, 11) is 0.733. The zero-order valence-corrected chi connectivity index (χ0v) is 15.2. The Morgan fingerprint density at radius 2 is 2.04 bits per heavy atom. The van der Waals surface area contributed by atoms with Crippen LogP contribution in [0.2, 0.25) is 0 Å². The van der Waals surface area contributed by atoms with Gasteiger partial charge in [0.25, 0.3) is 0 Å². The first kappa shape index (κ1) is 20.4. The third-order valence-corrected chi connectivity index (χ3v) is 5.12. The van der Waals surface area contributed by atoms with Gasteiger partial charge in [-0.1, -0.05) is 0 Å². The lowest BCUT2D eigenvalue weighted by Gasteiger charge is -2.17. The molecule has 0 aromatic heterocycles. The van der Waals surface area contributed by atoms with Crippen molar-refractivity contribution in [3.63, 3.8) is 0 Å². The second-order valence-corrected chi connectivity index (χ2v) is 7.38. The number of benzene rings is 1. The van der Waals surface area contributed by atoms with Gasteiger partial charge >= 0.3 is 0 Å². The molecule has 0 spiro atoms. The normalized spacial score (nSPS) is 12.9. The minimum atomic E-state index is -3.62. The van der Waals surface area contributed by atoms with Gasteiger partial charge in [-0.15, -0.1) is 0 Å². The van der Waals surface area contributed by atoms with E-state index in [1.807, 2.05) is 0 Å². The fourth-order valence-electron chi connectivity index (χ4n) is 1.93. The van der Waals surface area contributed by atoms with Gasteiger partial charge in [0.2, 0.25) is 15.9 Å². The molecule has 0 aliphatic carbocycles. The van der Waals surface area contributed by atoms with Gasteiger partial charge in [0.15, 0.2) is 0 Å². The van der Waals surface area contributed by atoms with Crippen molar-refractivity contribution in [2.24, 2.45) is 5.73 Å². The third kappa shape index (κ3) is 5.17. The summed E-state index contributed by atoms with van der Waals surface area (Å²) in [5.41, 5.74) is 5.79. The molecule has 9 heteroatoms. The van der Waals surface area contributed by atoms with Crippen LogP contribution in [0.4, 0.5) is 5.69 Å². The van der Waals surface area contributed by atoms with E-state index in [4.69, 9.17) is 15.2 Å². The second-order valence-electron chi connectivity index (χ2n) is 5.22. The van der Waals surface area contributed by atoms with E-state index in [0.29, 0.717) is 12.4 Å². The molecule has 1 unspecified atom stereocenters. The van der Waals surface area contributed by atoms with Crippen LogP contribution < -0.4 is 15.8 Å². The third-order valence-electron chi connectivity index (χ3n) is 3.31. The first-order valence-corrected chi connectivity index (χ1v) is 8.92. The van der Waals surface area contributed by atoms with Crippen molar-refractivity contribution < 1.29 is 22.7 Å². The van der Waals surface area contributed by atoms with Crippen LogP contribution in [0.1, 0.15) is 13.3 Å². The Balaban J connectivity index is 3.12. The minimum absolute atomic E-state index is 0.0588. The molecule has 1 aromatic carbocycles. The van der Waals surface area contributed by atoms with Gasteiger partial charge in [0, 0.05) is 27.7 Å². The largest absolute Gasteiger partial charge is 0.492 e. The lowest BCUT2D eigenvalue weighted by atomic mass is 10.2. The summed E-state index contributed by atoms with van der Waals surface area (Å²) in [5.74, 6) is 0.0536. The van der Waals surface area contributed by atoms with E-state index in [2.05, 4.69) is 5.32 Å². The number of amides is 1. The summed E-state index contributed by atoms with van der Waals surface area (Å²) < 4.78 is 36.1. The summed E-state index contributed by atoms with van der Waals surface area (Å²) >= 11 is 0. The highest BCUT2D eigenvalue weighted by atomic mass is 32.2. The first-order chi connectivity index (χ1) is 11.3. The molecule has 136 valence electrons. The van der Waals surface area contributed by atoms with Gasteiger partial charge in [-0.2, -0.15) is 0 Å². The van der Waals surface area contributed by atoms with Gasteiger partial charge < -0.3 is 20.5 Å². The second kappa shape index (κ2) is 8.97. The fraction of sp³-hybridized carbons (Fsp3) is 0.533. The van der Waals surface area contributed by atoms with E-state index in [1.54, 1.807) is 6.92 Å². The number of anilines is 1. The molecule has 0 radical (unpaired) electrons. The van der Waals surface area contributed by atoms with Crippen LogP contribution in [0.25, 0.3) is 0 Å². The number of rotatable bonds is 9. The predicted octanol–water partition coefficient (Wildman–Crippen LogP) is 0.638. The van der Waals surface area contributed by atoms with Gasteiger partial charge in [-0.3, -0.25) is 4.79 Å². The molecular formula is C15H25N3O5S. The van der Waals surface area contributed by atoms with Crippen LogP contribution >= 0.6 is 0 Å². The molecule has 0 fully saturated rings. The van der Waals surface area contributed by atoms with Crippen molar-refractivity contribution in [1.82, 2.24) is 4.31 Å². The number of nitrogens with two attached hydrogens (primary N) is 1. The van der Waals surface area contributed by atoms with Gasteiger partial charge in [0.05, 0.1) is 29.7 Å². The monoisotopic (exact) mass is 359 g/mol. The molecule has 1 amide bonds. The zero-order chi connectivity index (χ0) is 18.3. The zero-order valence-electron chi connectivity index (χ0n) is 14.4. The Bertz CT molecular complexity index is 657. The number of nitrogens with one attached hydrogen (secondary N) is 1. The Morgan fingerprint density at radius 1 is 1.38 bits per heavy atom. The summed E-state index contributed by atoms with van der Waals surface area (Å²) in [6, 6.07) is 4.34. The highest BCUT2D eigenvalue weighted by Gasteiger charge is 2.20. The number of ether oxygens (including phenoxy) is 2. The Labute approximate surface area is 143 Å². The summed E-state index contributed by atoms with van der Waals surface area (Å²) in [5, 5.41) is 2.66. The Kier molecular flexibility index (Phi) is 7.61. The number of methoxy groups -OCH3 is 1. The molecular weight excluding hydrogens is 334 g/mol. The molecule has 0 aliphatic rings. The lowest BCUT2D eigenvalue weighted by molar-refractivity contribution is -0.118. The molecule has 24 heavy (non-hydrogen) atoms. The molecule has 0 saturated heterocycles. The molecule has 0 heterocycles. The fourth-order valence-corrected chi connectivity index (χ4v) is 2.86. The van der Waals surface area contributed by atoms with Crippen LogP contribution in [-0.2, 0) is 19.6 Å². The number of nitrogens with zero attached hydrogens (tertiary/aromatic N) is 1. The number of hydrogen-bond donors (Lipinski definition) is 2. The molecule has 3 N–H and O–H groups in total.